The van der Waals surface area contributed by atoms with Crippen molar-refractivity contribution < 1.29 is 33.3 Å². The molecule has 0 aliphatic carbocycles. The third-order valence-electron chi connectivity index (χ3n) is 4.32. The van der Waals surface area contributed by atoms with Crippen LogP contribution < -0.4 is 9.47 Å². The number of rotatable bonds is 8. The molecule has 0 saturated heterocycles. The molecule has 10 heteroatoms. The molecule has 2 aromatic carbocycles. The minimum atomic E-state index is -3.88. The van der Waals surface area contributed by atoms with Crippen LogP contribution in [0.5, 0.6) is 11.5 Å². The summed E-state index contributed by atoms with van der Waals surface area (Å²) >= 11 is 3.27. The van der Waals surface area contributed by atoms with Gasteiger partial charge in [-0.3, -0.25) is 0 Å². The molecule has 8 nitrogen and oxygen atoms in total. The maximum absolute atomic E-state index is 13.0. The Hall–Kier alpha value is -2.14. The van der Waals surface area contributed by atoms with Crippen LogP contribution >= 0.6 is 15.9 Å². The number of methoxy groups -OCH3 is 2. The highest BCUT2D eigenvalue weighted by atomic mass is 79.9. The Morgan fingerprint density at radius 1 is 1.14 bits per heavy atom. The van der Waals surface area contributed by atoms with Crippen molar-refractivity contribution in [3.8, 4) is 11.5 Å². The number of ether oxygens (including phenoxy) is 2. The molecule has 2 rings (SSSR count). The zero-order valence-electron chi connectivity index (χ0n) is 16.5. The Balaban J connectivity index is 0.00000420. The molecule has 0 saturated carbocycles. The number of carbonyl (C=O) groups is 1. The molecule has 0 spiro atoms. The lowest BCUT2D eigenvalue weighted by atomic mass is 10.1. The maximum atomic E-state index is 13.0. The van der Waals surface area contributed by atoms with Gasteiger partial charge in [-0.05, 0) is 64.7 Å². The second-order valence-electron chi connectivity index (χ2n) is 6.18. The predicted molar refractivity (Wildman–Crippen MR) is 113 cm³/mol. The van der Waals surface area contributed by atoms with Gasteiger partial charge in [0.15, 0.2) is 11.5 Å². The van der Waals surface area contributed by atoms with E-state index in [2.05, 4.69) is 15.9 Å². The summed E-state index contributed by atoms with van der Waals surface area (Å²) < 4.78 is 38.0. The van der Waals surface area contributed by atoms with E-state index in [1.165, 1.54) is 30.6 Å². The number of benzene rings is 2. The molecule has 0 unspecified atom stereocenters. The van der Waals surface area contributed by atoms with E-state index >= 15 is 0 Å². The van der Waals surface area contributed by atoms with Gasteiger partial charge in [-0.15, -0.1) is 0 Å². The molecule has 0 radical (unpaired) electrons. The molecule has 3 N–H and O–H groups in total. The fourth-order valence-corrected chi connectivity index (χ4v) is 4.83. The van der Waals surface area contributed by atoms with Gasteiger partial charge < -0.3 is 20.1 Å². The van der Waals surface area contributed by atoms with Crippen LogP contribution in [0.3, 0.4) is 0 Å². The van der Waals surface area contributed by atoms with E-state index in [9.17, 15) is 18.3 Å². The number of aromatic carboxylic acids is 1. The summed E-state index contributed by atoms with van der Waals surface area (Å²) in [5, 5.41) is 9.23. The summed E-state index contributed by atoms with van der Waals surface area (Å²) in [4.78, 5) is 11.2. The van der Waals surface area contributed by atoms with Crippen LogP contribution in [0.4, 0.5) is 0 Å². The first-order valence-electron chi connectivity index (χ1n) is 8.32. The van der Waals surface area contributed by atoms with Gasteiger partial charge in [0.05, 0.1) is 24.7 Å². The normalized spacial score (nSPS) is 11.1. The smallest absolute Gasteiger partial charge is 0.335 e. The van der Waals surface area contributed by atoms with Gasteiger partial charge in [0, 0.05) is 18.1 Å². The van der Waals surface area contributed by atoms with E-state index in [-0.39, 0.29) is 22.5 Å². The number of sulfonamides is 1. The largest absolute Gasteiger partial charge is 0.493 e. The van der Waals surface area contributed by atoms with Crippen LogP contribution in [0.15, 0.2) is 39.7 Å². The van der Waals surface area contributed by atoms with E-state index in [0.29, 0.717) is 28.0 Å². The highest BCUT2D eigenvalue weighted by Crippen LogP contribution is 2.30. The van der Waals surface area contributed by atoms with Crippen LogP contribution in [-0.2, 0) is 16.4 Å². The molecule has 160 valence electrons. The van der Waals surface area contributed by atoms with E-state index < -0.39 is 16.0 Å². The molecule has 0 amide bonds. The first kappa shape index (κ1) is 24.9. The summed E-state index contributed by atoms with van der Waals surface area (Å²) in [5.74, 6) is -0.0183. The third kappa shape index (κ3) is 5.47. The number of halogens is 1. The van der Waals surface area contributed by atoms with Gasteiger partial charge in [-0.25, -0.2) is 17.5 Å². The number of hydrogen-bond donors (Lipinski definition) is 1. The molecule has 0 aliphatic rings. The van der Waals surface area contributed by atoms with Crippen LogP contribution in [0.25, 0.3) is 0 Å². The summed E-state index contributed by atoms with van der Waals surface area (Å²) in [7, 11) is 0.664. The monoisotopic (exact) mass is 489 g/mol. The van der Waals surface area contributed by atoms with E-state index in [4.69, 9.17) is 9.47 Å². The van der Waals surface area contributed by atoms with Crippen molar-refractivity contribution in [2.75, 3.05) is 27.8 Å². The fraction of sp³-hybridized carbons (Fsp3) is 0.316. The van der Waals surface area contributed by atoms with Crippen molar-refractivity contribution in [3.05, 3.63) is 51.5 Å². The second-order valence-corrected chi connectivity index (χ2v) is 8.98. The summed E-state index contributed by atoms with van der Waals surface area (Å²) in [6.45, 7) is 1.86. The van der Waals surface area contributed by atoms with Gasteiger partial charge in [-0.2, -0.15) is 0 Å². The lowest BCUT2D eigenvalue weighted by Crippen LogP contribution is -2.29. The standard InChI is InChI=1S/C19H22BrNO6S.H2O/c1-12-9-14(19(22)23)11-17(18(12)20)28(24,25)21(2)8-7-13-5-6-15(26-3)16(10-13)27-4;/h5-6,9-11H,7-8H2,1-4H3,(H,22,23);1H2. The number of carboxylic acids is 1. The summed E-state index contributed by atoms with van der Waals surface area (Å²) in [6.07, 6.45) is 0.450. The minimum absolute atomic E-state index is 0. The SMILES string of the molecule is COc1ccc(CCN(C)S(=O)(=O)c2cc(C(=O)O)cc(C)c2Br)cc1OC.O. The van der Waals surface area contributed by atoms with Gasteiger partial charge >= 0.3 is 5.97 Å². The van der Waals surface area contributed by atoms with Crippen molar-refractivity contribution >= 4 is 31.9 Å². The zero-order valence-corrected chi connectivity index (χ0v) is 18.9. The average Bonchev–Trinajstić information content (AvgIpc) is 2.67. The predicted octanol–water partition coefficient (Wildman–Crippen LogP) is 2.51. The molecule has 0 bridgehead atoms. The highest BCUT2D eigenvalue weighted by molar-refractivity contribution is 9.10. The topological polar surface area (TPSA) is 125 Å². The Morgan fingerprint density at radius 2 is 1.76 bits per heavy atom. The molecule has 0 atom stereocenters. The van der Waals surface area contributed by atoms with Crippen molar-refractivity contribution in [3.63, 3.8) is 0 Å². The molecule has 2 aromatic rings. The average molecular weight is 490 g/mol. The van der Waals surface area contributed by atoms with Crippen molar-refractivity contribution in [1.82, 2.24) is 4.31 Å². The van der Waals surface area contributed by atoms with Crippen LogP contribution in [0, 0.1) is 6.92 Å². The van der Waals surface area contributed by atoms with E-state index in [1.807, 2.05) is 6.07 Å². The molecular weight excluding hydrogens is 466 g/mol. The molecule has 0 aliphatic heterocycles. The minimum Gasteiger partial charge on any atom is -0.493 e. The molecule has 0 aromatic heterocycles. The third-order valence-corrected chi connectivity index (χ3v) is 7.52. The Kier molecular flexibility index (Phi) is 8.64. The highest BCUT2D eigenvalue weighted by Gasteiger charge is 2.26. The van der Waals surface area contributed by atoms with E-state index in [0.717, 1.165) is 5.56 Å². The molecule has 0 fully saturated rings. The molecule has 0 heterocycles. The molecular formula is C19H24BrNO7S. The van der Waals surface area contributed by atoms with Crippen molar-refractivity contribution in [2.24, 2.45) is 0 Å². The number of nitrogens with zero attached hydrogens (tertiary/aromatic N) is 1. The number of likely N-dealkylation sites (N-methyl/N-ethyl adjacent to an activating group) is 1. The van der Waals surface area contributed by atoms with Gasteiger partial charge in [-0.1, -0.05) is 6.07 Å². The lowest BCUT2D eigenvalue weighted by molar-refractivity contribution is 0.0696. The lowest BCUT2D eigenvalue weighted by Gasteiger charge is -2.19. The number of carboxylic acid groups (broad SMARTS) is 1. The summed E-state index contributed by atoms with van der Waals surface area (Å²) in [6, 6.07) is 7.99. The Bertz CT molecular complexity index is 992. The van der Waals surface area contributed by atoms with Crippen molar-refractivity contribution in [1.29, 1.82) is 0 Å². The van der Waals surface area contributed by atoms with Crippen molar-refractivity contribution in [2.45, 2.75) is 18.2 Å². The maximum Gasteiger partial charge on any atom is 0.335 e. The summed E-state index contributed by atoms with van der Waals surface area (Å²) in [5.41, 5.74) is 1.34. The fourth-order valence-electron chi connectivity index (χ4n) is 2.66. The molecule has 29 heavy (non-hydrogen) atoms. The first-order chi connectivity index (χ1) is 13.1. The van der Waals surface area contributed by atoms with Crippen LogP contribution in [0.2, 0.25) is 0 Å². The number of hydrogen-bond acceptors (Lipinski definition) is 5. The number of aryl methyl sites for hydroxylation is 1. The Morgan fingerprint density at radius 3 is 2.31 bits per heavy atom. The first-order valence-corrected chi connectivity index (χ1v) is 10.6. The van der Waals surface area contributed by atoms with Crippen LogP contribution in [0.1, 0.15) is 21.5 Å². The zero-order chi connectivity index (χ0) is 21.1. The van der Waals surface area contributed by atoms with E-state index in [1.54, 1.807) is 26.2 Å². The second kappa shape index (κ2) is 10.1. The Labute approximate surface area is 178 Å². The van der Waals surface area contributed by atoms with Gasteiger partial charge in [0.25, 0.3) is 0 Å². The quantitative estimate of drug-likeness (QED) is 0.607. The van der Waals surface area contributed by atoms with Crippen LogP contribution in [-0.4, -0.2) is 57.1 Å². The van der Waals surface area contributed by atoms with Gasteiger partial charge in [0.2, 0.25) is 10.0 Å². The van der Waals surface area contributed by atoms with Gasteiger partial charge in [0.1, 0.15) is 0 Å².